The number of aromatic nitrogens is 1. The molecule has 0 spiro atoms. The van der Waals surface area contributed by atoms with Crippen LogP contribution in [0.5, 0.6) is 11.5 Å². The number of ether oxygens (including phenoxy) is 2. The van der Waals surface area contributed by atoms with Crippen molar-refractivity contribution in [2.75, 3.05) is 19.8 Å². The van der Waals surface area contributed by atoms with Gasteiger partial charge < -0.3 is 25.1 Å². The van der Waals surface area contributed by atoms with Crippen LogP contribution in [0.4, 0.5) is 5.69 Å². The number of carbonyl (C=O) groups is 1. The molecule has 0 aliphatic carbocycles. The molecule has 9 heteroatoms. The minimum absolute atomic E-state index is 0.0970. The fourth-order valence-electron chi connectivity index (χ4n) is 4.01. The van der Waals surface area contributed by atoms with Crippen LogP contribution in [-0.2, 0) is 13.0 Å². The number of fused-ring (bicyclic) bond motifs is 1. The predicted molar refractivity (Wildman–Crippen MR) is 151 cm³/mol. The van der Waals surface area contributed by atoms with E-state index in [-0.39, 0.29) is 5.91 Å². The quantitative estimate of drug-likeness (QED) is 0.200. The Morgan fingerprint density at radius 2 is 1.78 bits per heavy atom. The van der Waals surface area contributed by atoms with Gasteiger partial charge in [-0.15, -0.1) is 11.3 Å². The van der Waals surface area contributed by atoms with Crippen LogP contribution in [0.2, 0.25) is 0 Å². The second-order valence-corrected chi connectivity index (χ2v) is 9.10. The van der Waals surface area contributed by atoms with Gasteiger partial charge in [-0.25, -0.2) is 9.98 Å². The van der Waals surface area contributed by atoms with Gasteiger partial charge in [-0.1, -0.05) is 18.2 Å². The lowest BCUT2D eigenvalue weighted by Gasteiger charge is -2.13. The van der Waals surface area contributed by atoms with E-state index in [4.69, 9.17) is 15.2 Å². The fourth-order valence-corrected chi connectivity index (χ4v) is 4.83. The number of rotatable bonds is 12. The first-order valence-electron chi connectivity index (χ1n) is 12.2. The Morgan fingerprint density at radius 1 is 1.03 bits per heavy atom. The lowest BCUT2D eigenvalue weighted by molar-refractivity contribution is 0.0945. The van der Waals surface area contributed by atoms with Crippen LogP contribution in [0.3, 0.4) is 0 Å². The Balaban J connectivity index is 1.44. The van der Waals surface area contributed by atoms with E-state index in [0.717, 1.165) is 38.5 Å². The fraction of sp³-hybridized carbons (Fsp3) is 0.250. The largest absolute Gasteiger partial charge is 0.490 e. The van der Waals surface area contributed by atoms with Crippen molar-refractivity contribution in [3.8, 4) is 11.5 Å². The number of hydrogen-bond acceptors (Lipinski definition) is 5. The maximum atomic E-state index is 13.2. The van der Waals surface area contributed by atoms with Gasteiger partial charge in [0, 0.05) is 13.1 Å². The van der Waals surface area contributed by atoms with Crippen LogP contribution < -0.4 is 20.5 Å². The summed E-state index contributed by atoms with van der Waals surface area (Å²) in [6.07, 6.45) is 3.28. The number of aliphatic imine (C=N–C) groups is 2. The summed E-state index contributed by atoms with van der Waals surface area (Å²) in [4.78, 5) is 21.2. The molecule has 0 atom stereocenters. The van der Waals surface area contributed by atoms with Crippen molar-refractivity contribution >= 4 is 45.8 Å². The third-order valence-electron chi connectivity index (χ3n) is 5.70. The molecule has 0 bridgehead atoms. The molecule has 8 nitrogen and oxygen atoms in total. The highest BCUT2D eigenvalue weighted by atomic mass is 32.1. The maximum absolute atomic E-state index is 13.2. The lowest BCUT2D eigenvalue weighted by Crippen LogP contribution is -2.28. The molecule has 0 aliphatic rings. The Hall–Kier alpha value is -4.11. The normalized spacial score (nSPS) is 11.5. The first kappa shape index (κ1) is 26.0. The summed E-state index contributed by atoms with van der Waals surface area (Å²) >= 11 is 1.63. The molecule has 2 aromatic heterocycles. The van der Waals surface area contributed by atoms with E-state index < -0.39 is 0 Å². The van der Waals surface area contributed by atoms with Crippen molar-refractivity contribution < 1.29 is 14.3 Å². The summed E-state index contributed by atoms with van der Waals surface area (Å²) < 4.78 is 14.5. The van der Waals surface area contributed by atoms with Crippen LogP contribution in [-0.4, -0.2) is 42.9 Å². The van der Waals surface area contributed by atoms with E-state index in [1.807, 2.05) is 67.8 Å². The molecule has 0 radical (unpaired) electrons. The van der Waals surface area contributed by atoms with Crippen molar-refractivity contribution in [1.82, 2.24) is 9.88 Å². The third-order valence-corrected chi connectivity index (χ3v) is 6.55. The van der Waals surface area contributed by atoms with Gasteiger partial charge in [0.25, 0.3) is 5.91 Å². The molecular weight excluding hydrogens is 486 g/mol. The van der Waals surface area contributed by atoms with Gasteiger partial charge in [-0.05, 0) is 73.2 Å². The molecule has 192 valence electrons. The summed E-state index contributed by atoms with van der Waals surface area (Å²) in [6, 6.07) is 17.8. The van der Waals surface area contributed by atoms with E-state index in [9.17, 15) is 4.79 Å². The standard InChI is InChI=1S/C28H31N5O3S/c1-3-35-25-10-7-20(15-26(25)36-4-2)11-13-31-28(34)24-16-27-23(12-14-37-27)33(24)17-21-5-8-22(9-6-21)32-19-30-18-29/h5-10,12,14-16,18-19H,3-4,11,13,17H2,1-2H3,(H,31,34)(H2,29,30,32). The van der Waals surface area contributed by atoms with Crippen LogP contribution >= 0.6 is 11.3 Å². The number of hydrogen-bond donors (Lipinski definition) is 2. The molecular formula is C28H31N5O3S. The molecule has 37 heavy (non-hydrogen) atoms. The summed E-state index contributed by atoms with van der Waals surface area (Å²) in [7, 11) is 0. The monoisotopic (exact) mass is 517 g/mol. The summed E-state index contributed by atoms with van der Waals surface area (Å²) in [6.45, 7) is 6.12. The van der Waals surface area contributed by atoms with Crippen molar-refractivity contribution in [2.45, 2.75) is 26.8 Å². The Bertz CT molecular complexity index is 1390. The number of amides is 1. The number of nitrogens with two attached hydrogens (primary N) is 1. The highest BCUT2D eigenvalue weighted by Crippen LogP contribution is 2.29. The molecule has 0 fully saturated rings. The number of benzene rings is 2. The zero-order valence-corrected chi connectivity index (χ0v) is 21.8. The average Bonchev–Trinajstić information content (AvgIpc) is 3.49. The molecule has 0 aliphatic heterocycles. The average molecular weight is 518 g/mol. The Labute approximate surface area is 220 Å². The van der Waals surface area contributed by atoms with Gasteiger partial charge in [0.2, 0.25) is 0 Å². The Morgan fingerprint density at radius 3 is 2.54 bits per heavy atom. The molecule has 0 saturated heterocycles. The molecule has 2 heterocycles. The Kier molecular flexibility index (Phi) is 8.93. The SMILES string of the molecule is CCOc1ccc(CCNC(=O)c2cc3sccc3n2Cc2ccc(N=CN=CN)cc2)cc1OCC. The van der Waals surface area contributed by atoms with Gasteiger partial charge in [-0.2, -0.15) is 0 Å². The number of thiophene rings is 1. The van der Waals surface area contributed by atoms with Crippen molar-refractivity contribution in [2.24, 2.45) is 15.7 Å². The van der Waals surface area contributed by atoms with Gasteiger partial charge >= 0.3 is 0 Å². The van der Waals surface area contributed by atoms with E-state index >= 15 is 0 Å². The second kappa shape index (κ2) is 12.7. The summed E-state index contributed by atoms with van der Waals surface area (Å²) in [5.41, 5.74) is 9.84. The van der Waals surface area contributed by atoms with Crippen molar-refractivity contribution in [3.63, 3.8) is 0 Å². The predicted octanol–water partition coefficient (Wildman–Crippen LogP) is 5.17. The smallest absolute Gasteiger partial charge is 0.267 e. The lowest BCUT2D eigenvalue weighted by atomic mass is 10.1. The molecule has 2 aromatic carbocycles. The van der Waals surface area contributed by atoms with E-state index in [1.165, 1.54) is 12.7 Å². The van der Waals surface area contributed by atoms with Gasteiger partial charge in [-0.3, -0.25) is 4.79 Å². The van der Waals surface area contributed by atoms with Crippen LogP contribution in [0, 0.1) is 0 Å². The molecule has 3 N–H and O–H groups in total. The van der Waals surface area contributed by atoms with Crippen molar-refractivity contribution in [1.29, 1.82) is 0 Å². The van der Waals surface area contributed by atoms with E-state index in [1.54, 1.807) is 11.3 Å². The molecule has 0 saturated carbocycles. The summed E-state index contributed by atoms with van der Waals surface area (Å²) in [5.74, 6) is 1.37. The number of nitrogens with one attached hydrogen (secondary N) is 1. The van der Waals surface area contributed by atoms with Crippen molar-refractivity contribution in [3.05, 3.63) is 76.8 Å². The van der Waals surface area contributed by atoms with Crippen LogP contribution in [0.15, 0.2) is 70.0 Å². The molecule has 1 amide bonds. The highest BCUT2D eigenvalue weighted by Gasteiger charge is 2.17. The van der Waals surface area contributed by atoms with Gasteiger partial charge in [0.15, 0.2) is 11.5 Å². The molecule has 4 rings (SSSR count). The zero-order valence-electron chi connectivity index (χ0n) is 21.0. The van der Waals surface area contributed by atoms with E-state index in [2.05, 4.69) is 25.9 Å². The van der Waals surface area contributed by atoms with Gasteiger partial charge in [0.05, 0.1) is 35.5 Å². The molecule has 0 unspecified atom stereocenters. The minimum atomic E-state index is -0.0970. The highest BCUT2D eigenvalue weighted by molar-refractivity contribution is 7.17. The molecule has 4 aromatic rings. The van der Waals surface area contributed by atoms with Crippen LogP contribution in [0.25, 0.3) is 10.2 Å². The third kappa shape index (κ3) is 6.56. The maximum Gasteiger partial charge on any atom is 0.267 e. The first-order valence-corrected chi connectivity index (χ1v) is 13.1. The summed E-state index contributed by atoms with van der Waals surface area (Å²) in [5, 5.41) is 5.13. The van der Waals surface area contributed by atoms with Gasteiger partial charge in [0.1, 0.15) is 12.0 Å². The number of carbonyl (C=O) groups excluding carboxylic acids is 1. The first-order chi connectivity index (χ1) is 18.1. The van der Waals surface area contributed by atoms with E-state index in [0.29, 0.717) is 38.4 Å². The second-order valence-electron chi connectivity index (χ2n) is 8.15. The topological polar surface area (TPSA) is 103 Å². The number of nitrogens with zero attached hydrogens (tertiary/aromatic N) is 3. The van der Waals surface area contributed by atoms with Crippen LogP contribution in [0.1, 0.15) is 35.5 Å². The minimum Gasteiger partial charge on any atom is -0.490 e. The zero-order chi connectivity index (χ0) is 26.0.